The number of aromatic nitrogens is 1. The van der Waals surface area contributed by atoms with Gasteiger partial charge in [-0.1, -0.05) is 60.7 Å². The lowest BCUT2D eigenvalue weighted by Crippen LogP contribution is -2.02. The lowest BCUT2D eigenvalue weighted by molar-refractivity contribution is 0.700. The molecule has 0 fully saturated rings. The molecule has 5 rings (SSSR count). The van der Waals surface area contributed by atoms with Crippen molar-refractivity contribution in [3.63, 3.8) is 0 Å². The summed E-state index contributed by atoms with van der Waals surface area (Å²) in [6.45, 7) is 0. The Bertz CT molecular complexity index is 1120. The molecule has 0 saturated carbocycles. The van der Waals surface area contributed by atoms with Crippen LogP contribution in [0, 0.1) is 0 Å². The van der Waals surface area contributed by atoms with Crippen LogP contribution in [0.1, 0.15) is 28.8 Å². The largest absolute Gasteiger partial charge is 0.237 e. The van der Waals surface area contributed by atoms with Crippen molar-refractivity contribution in [2.24, 2.45) is 0 Å². The van der Waals surface area contributed by atoms with E-state index in [2.05, 4.69) is 60.7 Å². The first-order valence-electron chi connectivity index (χ1n) is 10.0. The van der Waals surface area contributed by atoms with Crippen LogP contribution in [0.3, 0.4) is 0 Å². The Balaban J connectivity index is 0.00000205. The van der Waals surface area contributed by atoms with Crippen molar-refractivity contribution in [1.82, 2.24) is 4.98 Å². The van der Waals surface area contributed by atoms with Gasteiger partial charge in [-0.25, -0.2) is 4.98 Å². The van der Waals surface area contributed by atoms with Gasteiger partial charge in [-0.05, 0) is 54.4 Å². The summed E-state index contributed by atoms with van der Waals surface area (Å²) < 4.78 is 0. The minimum Gasteiger partial charge on any atom is -0.237 e. The standard InChI is InChI=1S/C25H22ClNS.ClH/c26-16-15-20-22(17-9-3-1-4-10-17)23-19-13-7-8-14-21(19)28-25(23)27-24(20)18-11-5-2-6-12-18;/h1-6,9-12H,7-8,13-16H2;1H. The minimum absolute atomic E-state index is 0. The number of nitrogens with zero attached hydrogens (tertiary/aromatic N) is 1. The molecule has 148 valence electrons. The van der Waals surface area contributed by atoms with Crippen LogP contribution in [-0.2, 0) is 19.3 Å². The van der Waals surface area contributed by atoms with Crippen LogP contribution in [0.15, 0.2) is 60.7 Å². The Labute approximate surface area is 187 Å². The highest BCUT2D eigenvalue weighted by molar-refractivity contribution is 7.19. The van der Waals surface area contributed by atoms with Crippen molar-refractivity contribution < 1.29 is 0 Å². The zero-order chi connectivity index (χ0) is 18.9. The van der Waals surface area contributed by atoms with Gasteiger partial charge in [0, 0.05) is 21.7 Å². The smallest absolute Gasteiger partial charge is 0.125 e. The van der Waals surface area contributed by atoms with Crippen molar-refractivity contribution in [3.8, 4) is 22.4 Å². The van der Waals surface area contributed by atoms with Crippen molar-refractivity contribution in [2.75, 3.05) is 5.88 Å². The van der Waals surface area contributed by atoms with Crippen LogP contribution in [-0.4, -0.2) is 10.9 Å². The molecular formula is C25H23Cl2NS. The fourth-order valence-corrected chi connectivity index (χ4v) is 5.88. The summed E-state index contributed by atoms with van der Waals surface area (Å²) in [6, 6.07) is 21.4. The number of hydrogen-bond acceptors (Lipinski definition) is 2. The number of hydrogen-bond donors (Lipinski definition) is 0. The monoisotopic (exact) mass is 439 g/mol. The molecule has 2 heterocycles. The molecule has 0 spiro atoms. The maximum Gasteiger partial charge on any atom is 0.125 e. The normalized spacial score (nSPS) is 13.1. The molecule has 2 aromatic carbocycles. The molecule has 0 unspecified atom stereocenters. The number of halogens is 2. The van der Waals surface area contributed by atoms with E-state index >= 15 is 0 Å². The SMILES string of the molecule is Cl.ClCCc1c(-c2ccccc2)nc2sc3c(c2c1-c1ccccc1)CCCC3. The van der Waals surface area contributed by atoms with Crippen molar-refractivity contribution in [2.45, 2.75) is 32.1 Å². The summed E-state index contributed by atoms with van der Waals surface area (Å²) >= 11 is 8.20. The first-order valence-corrected chi connectivity index (χ1v) is 11.4. The molecule has 4 aromatic rings. The molecule has 2 aromatic heterocycles. The molecule has 0 radical (unpaired) electrons. The van der Waals surface area contributed by atoms with Crippen LogP contribution < -0.4 is 0 Å². The van der Waals surface area contributed by atoms with Crippen LogP contribution in [0.4, 0.5) is 0 Å². The van der Waals surface area contributed by atoms with Gasteiger partial charge in [0.05, 0.1) is 5.69 Å². The maximum atomic E-state index is 6.30. The molecule has 0 atom stereocenters. The van der Waals surface area contributed by atoms with Gasteiger partial charge in [-0.3, -0.25) is 0 Å². The van der Waals surface area contributed by atoms with E-state index in [4.69, 9.17) is 16.6 Å². The Morgan fingerprint density at radius 3 is 2.21 bits per heavy atom. The minimum atomic E-state index is 0. The third kappa shape index (κ3) is 3.70. The van der Waals surface area contributed by atoms with E-state index in [0.717, 1.165) is 12.1 Å². The van der Waals surface area contributed by atoms with Crippen LogP contribution >= 0.6 is 35.3 Å². The van der Waals surface area contributed by atoms with Gasteiger partial charge in [0.2, 0.25) is 0 Å². The number of pyridine rings is 1. The summed E-state index contributed by atoms with van der Waals surface area (Å²) in [5.74, 6) is 0.596. The lowest BCUT2D eigenvalue weighted by atomic mass is 9.88. The van der Waals surface area contributed by atoms with E-state index in [0.29, 0.717) is 5.88 Å². The average molecular weight is 440 g/mol. The van der Waals surface area contributed by atoms with Gasteiger partial charge >= 0.3 is 0 Å². The van der Waals surface area contributed by atoms with Crippen molar-refractivity contribution in [1.29, 1.82) is 0 Å². The topological polar surface area (TPSA) is 12.9 Å². The first-order chi connectivity index (χ1) is 13.9. The molecule has 0 saturated heterocycles. The van der Waals surface area contributed by atoms with Crippen LogP contribution in [0.5, 0.6) is 0 Å². The summed E-state index contributed by atoms with van der Waals surface area (Å²) in [5, 5.41) is 1.38. The number of rotatable bonds is 4. The second-order valence-electron chi connectivity index (χ2n) is 7.38. The Morgan fingerprint density at radius 1 is 0.862 bits per heavy atom. The lowest BCUT2D eigenvalue weighted by Gasteiger charge is -2.18. The highest BCUT2D eigenvalue weighted by atomic mass is 35.5. The number of aryl methyl sites for hydroxylation is 2. The van der Waals surface area contributed by atoms with E-state index < -0.39 is 0 Å². The molecule has 1 aliphatic carbocycles. The summed E-state index contributed by atoms with van der Waals surface area (Å²) in [6.07, 6.45) is 5.75. The number of benzene rings is 2. The highest BCUT2D eigenvalue weighted by Crippen LogP contribution is 2.45. The van der Waals surface area contributed by atoms with Crippen LogP contribution in [0.2, 0.25) is 0 Å². The summed E-state index contributed by atoms with van der Waals surface area (Å²) in [7, 11) is 0. The molecular weight excluding hydrogens is 417 g/mol. The molecule has 0 N–H and O–H groups in total. The summed E-state index contributed by atoms with van der Waals surface area (Å²) in [5.41, 5.74) is 7.71. The van der Waals surface area contributed by atoms with Gasteiger partial charge in [-0.2, -0.15) is 0 Å². The molecule has 1 aliphatic rings. The number of fused-ring (bicyclic) bond motifs is 3. The molecule has 29 heavy (non-hydrogen) atoms. The quantitative estimate of drug-likeness (QED) is 0.296. The average Bonchev–Trinajstić information content (AvgIpc) is 3.13. The van der Waals surface area contributed by atoms with E-state index in [-0.39, 0.29) is 12.4 Å². The van der Waals surface area contributed by atoms with Gasteiger partial charge in [-0.15, -0.1) is 35.3 Å². The Hall–Kier alpha value is -1.87. The van der Waals surface area contributed by atoms with Gasteiger partial charge in [0.15, 0.2) is 0 Å². The van der Waals surface area contributed by atoms with Crippen molar-refractivity contribution in [3.05, 3.63) is 76.7 Å². The van der Waals surface area contributed by atoms with Crippen LogP contribution in [0.25, 0.3) is 32.6 Å². The maximum absolute atomic E-state index is 6.30. The Kier molecular flexibility index (Phi) is 6.24. The van der Waals surface area contributed by atoms with E-state index in [9.17, 15) is 0 Å². The predicted molar refractivity (Wildman–Crippen MR) is 129 cm³/mol. The predicted octanol–water partition coefficient (Wildman–Crippen LogP) is 7.71. The molecule has 4 heteroatoms. The fraction of sp³-hybridized carbons (Fsp3) is 0.240. The highest BCUT2D eigenvalue weighted by Gasteiger charge is 2.24. The second kappa shape index (κ2) is 8.87. The zero-order valence-corrected chi connectivity index (χ0v) is 18.5. The van der Waals surface area contributed by atoms with E-state index in [1.807, 2.05) is 11.3 Å². The number of alkyl halides is 1. The zero-order valence-electron chi connectivity index (χ0n) is 16.2. The fourth-order valence-electron chi connectivity index (χ4n) is 4.42. The third-order valence-electron chi connectivity index (χ3n) is 5.66. The molecule has 1 nitrogen and oxygen atoms in total. The van der Waals surface area contributed by atoms with E-state index in [1.54, 1.807) is 0 Å². The summed E-state index contributed by atoms with van der Waals surface area (Å²) in [4.78, 5) is 7.93. The molecule has 0 bridgehead atoms. The second-order valence-corrected chi connectivity index (χ2v) is 8.84. The number of thiophene rings is 1. The molecule has 0 aliphatic heterocycles. The third-order valence-corrected chi connectivity index (χ3v) is 7.03. The van der Waals surface area contributed by atoms with E-state index in [1.165, 1.54) is 68.6 Å². The molecule has 0 amide bonds. The first kappa shape index (κ1) is 20.4. The van der Waals surface area contributed by atoms with Gasteiger partial charge in [0.25, 0.3) is 0 Å². The van der Waals surface area contributed by atoms with Gasteiger partial charge < -0.3 is 0 Å². The van der Waals surface area contributed by atoms with Gasteiger partial charge in [0.1, 0.15) is 4.83 Å². The van der Waals surface area contributed by atoms with Crippen molar-refractivity contribution >= 4 is 45.6 Å². The Morgan fingerprint density at radius 2 is 1.52 bits per heavy atom.